The average molecular weight is 504 g/mol. The first kappa shape index (κ1) is 21.5. The number of ether oxygens (including phenoxy) is 1. The summed E-state index contributed by atoms with van der Waals surface area (Å²) < 4.78 is 12.2. The Morgan fingerprint density at radius 1 is 1.00 bits per heavy atom. The summed E-state index contributed by atoms with van der Waals surface area (Å²) in [4.78, 5) is 29.0. The molecule has 5 nitrogen and oxygen atoms in total. The zero-order valence-corrected chi connectivity index (χ0v) is 20.1. The molecule has 0 N–H and O–H groups in total. The van der Waals surface area contributed by atoms with Gasteiger partial charge in [0.15, 0.2) is 5.43 Å². The number of hydrogen-bond acceptors (Lipinski definition) is 4. The topological polar surface area (TPSA) is 59.8 Å². The number of amides is 1. The van der Waals surface area contributed by atoms with Crippen LogP contribution in [0, 0.1) is 13.8 Å². The first-order chi connectivity index (χ1) is 15.9. The summed E-state index contributed by atoms with van der Waals surface area (Å²) in [5.41, 5.74) is 4.46. The van der Waals surface area contributed by atoms with E-state index in [0.29, 0.717) is 23.1 Å². The van der Waals surface area contributed by atoms with Gasteiger partial charge in [0.2, 0.25) is 5.76 Å². The van der Waals surface area contributed by atoms with E-state index in [2.05, 4.69) is 15.9 Å². The van der Waals surface area contributed by atoms with Crippen LogP contribution >= 0.6 is 15.9 Å². The van der Waals surface area contributed by atoms with E-state index in [1.54, 1.807) is 12.0 Å². The Hall–Kier alpha value is -3.38. The van der Waals surface area contributed by atoms with E-state index in [1.807, 2.05) is 74.5 Å². The molecule has 3 aromatic carbocycles. The molecule has 1 aromatic heterocycles. The van der Waals surface area contributed by atoms with Crippen molar-refractivity contribution in [3.8, 4) is 5.75 Å². The minimum Gasteiger partial charge on any atom is -0.497 e. The minimum atomic E-state index is -0.547. The number of nitrogens with zero attached hydrogens (tertiary/aromatic N) is 1. The van der Waals surface area contributed by atoms with Gasteiger partial charge in [-0.15, -0.1) is 0 Å². The van der Waals surface area contributed by atoms with Crippen LogP contribution in [0.1, 0.15) is 44.4 Å². The van der Waals surface area contributed by atoms with Crippen LogP contribution in [-0.2, 0) is 6.54 Å². The van der Waals surface area contributed by atoms with Crippen LogP contribution in [-0.4, -0.2) is 17.9 Å². The summed E-state index contributed by atoms with van der Waals surface area (Å²) >= 11 is 3.52. The number of rotatable bonds is 4. The van der Waals surface area contributed by atoms with E-state index in [-0.39, 0.29) is 17.1 Å². The largest absolute Gasteiger partial charge is 0.497 e. The number of halogens is 1. The van der Waals surface area contributed by atoms with E-state index in [1.165, 1.54) is 0 Å². The van der Waals surface area contributed by atoms with Crippen LogP contribution in [0.5, 0.6) is 5.75 Å². The van der Waals surface area contributed by atoms with Crippen LogP contribution in [0.15, 0.2) is 74.3 Å². The lowest BCUT2D eigenvalue weighted by Gasteiger charge is -2.25. The maximum absolute atomic E-state index is 13.7. The molecule has 166 valence electrons. The van der Waals surface area contributed by atoms with Gasteiger partial charge in [0.25, 0.3) is 5.91 Å². The SMILES string of the molecule is COc1ccc(CN2C(=O)c3oc4cc(C)c(C)cc4c(=O)c3C2c2cccc(Br)c2)cc1. The molecule has 2 heterocycles. The van der Waals surface area contributed by atoms with Gasteiger partial charge in [-0.1, -0.05) is 40.2 Å². The molecule has 0 saturated heterocycles. The Labute approximate surface area is 199 Å². The van der Waals surface area contributed by atoms with Gasteiger partial charge in [-0.3, -0.25) is 9.59 Å². The molecular weight excluding hydrogens is 482 g/mol. The lowest BCUT2D eigenvalue weighted by molar-refractivity contribution is 0.0714. The highest BCUT2D eigenvalue weighted by atomic mass is 79.9. The van der Waals surface area contributed by atoms with Crippen LogP contribution < -0.4 is 10.2 Å². The van der Waals surface area contributed by atoms with Crippen molar-refractivity contribution >= 4 is 32.8 Å². The second-order valence-electron chi connectivity index (χ2n) is 8.35. The highest BCUT2D eigenvalue weighted by molar-refractivity contribution is 9.10. The summed E-state index contributed by atoms with van der Waals surface area (Å²) in [7, 11) is 1.62. The number of carbonyl (C=O) groups is 1. The molecule has 1 aliphatic rings. The zero-order valence-electron chi connectivity index (χ0n) is 18.5. The van der Waals surface area contributed by atoms with Crippen molar-refractivity contribution in [3.63, 3.8) is 0 Å². The second-order valence-corrected chi connectivity index (χ2v) is 9.26. The van der Waals surface area contributed by atoms with E-state index < -0.39 is 6.04 Å². The van der Waals surface area contributed by atoms with E-state index in [4.69, 9.17) is 9.15 Å². The Bertz CT molecular complexity index is 1460. The predicted octanol–water partition coefficient (Wildman–Crippen LogP) is 5.93. The molecule has 1 amide bonds. The number of carbonyl (C=O) groups excluding carboxylic acids is 1. The summed E-state index contributed by atoms with van der Waals surface area (Å²) in [5, 5.41) is 0.496. The number of fused-ring (bicyclic) bond motifs is 2. The molecule has 1 atom stereocenters. The molecular formula is C27H22BrNO4. The first-order valence-electron chi connectivity index (χ1n) is 10.6. The minimum absolute atomic E-state index is 0.120. The van der Waals surface area contributed by atoms with Crippen molar-refractivity contribution in [2.24, 2.45) is 0 Å². The third-order valence-electron chi connectivity index (χ3n) is 6.26. The van der Waals surface area contributed by atoms with Gasteiger partial charge in [0.05, 0.1) is 24.1 Å². The second kappa shape index (κ2) is 8.19. The van der Waals surface area contributed by atoms with E-state index in [0.717, 1.165) is 32.5 Å². The van der Waals surface area contributed by atoms with Crippen molar-refractivity contribution in [3.05, 3.63) is 109 Å². The third kappa shape index (κ3) is 3.64. The first-order valence-corrected chi connectivity index (χ1v) is 11.4. The fraction of sp³-hybridized carbons (Fsp3) is 0.185. The normalized spacial score (nSPS) is 15.2. The number of hydrogen-bond donors (Lipinski definition) is 0. The van der Waals surface area contributed by atoms with Gasteiger partial charge in [0, 0.05) is 11.0 Å². The fourth-order valence-electron chi connectivity index (χ4n) is 4.39. The molecule has 0 spiro atoms. The molecule has 4 aromatic rings. The molecule has 1 aliphatic heterocycles. The molecule has 6 heteroatoms. The van der Waals surface area contributed by atoms with Gasteiger partial charge in [-0.25, -0.2) is 0 Å². The summed E-state index contributed by atoms with van der Waals surface area (Å²) in [6.07, 6.45) is 0. The molecule has 0 bridgehead atoms. The fourth-order valence-corrected chi connectivity index (χ4v) is 4.81. The zero-order chi connectivity index (χ0) is 23.3. The highest BCUT2D eigenvalue weighted by Gasteiger charge is 2.42. The van der Waals surface area contributed by atoms with Crippen LogP contribution in [0.2, 0.25) is 0 Å². The summed E-state index contributed by atoms with van der Waals surface area (Å²) in [6, 6.07) is 18.4. The van der Waals surface area contributed by atoms with Crippen molar-refractivity contribution < 1.29 is 13.9 Å². The van der Waals surface area contributed by atoms with Crippen LogP contribution in [0.3, 0.4) is 0 Å². The van der Waals surface area contributed by atoms with Gasteiger partial charge in [0.1, 0.15) is 11.3 Å². The molecule has 1 unspecified atom stereocenters. The Morgan fingerprint density at radius 2 is 1.73 bits per heavy atom. The number of aryl methyl sites for hydroxylation is 2. The predicted molar refractivity (Wildman–Crippen MR) is 131 cm³/mol. The Kier molecular flexibility index (Phi) is 5.33. The van der Waals surface area contributed by atoms with Crippen molar-refractivity contribution in [1.29, 1.82) is 0 Å². The van der Waals surface area contributed by atoms with Crippen molar-refractivity contribution in [2.45, 2.75) is 26.4 Å². The number of benzene rings is 3. The molecule has 0 aliphatic carbocycles. The Morgan fingerprint density at radius 3 is 2.42 bits per heavy atom. The summed E-state index contributed by atoms with van der Waals surface area (Å²) in [6.45, 7) is 4.26. The van der Waals surface area contributed by atoms with Gasteiger partial charge in [-0.05, 0) is 72.5 Å². The maximum Gasteiger partial charge on any atom is 0.291 e. The maximum atomic E-state index is 13.7. The third-order valence-corrected chi connectivity index (χ3v) is 6.75. The van der Waals surface area contributed by atoms with Gasteiger partial charge < -0.3 is 14.1 Å². The smallest absolute Gasteiger partial charge is 0.291 e. The summed E-state index contributed by atoms with van der Waals surface area (Å²) in [5.74, 6) is 0.574. The van der Waals surface area contributed by atoms with Crippen molar-refractivity contribution in [2.75, 3.05) is 7.11 Å². The molecule has 0 fully saturated rings. The molecule has 0 saturated carbocycles. The van der Waals surface area contributed by atoms with Crippen LogP contribution in [0.25, 0.3) is 11.0 Å². The van der Waals surface area contributed by atoms with E-state index in [9.17, 15) is 9.59 Å². The number of methoxy groups -OCH3 is 1. The Balaban J connectivity index is 1.71. The van der Waals surface area contributed by atoms with Crippen LogP contribution in [0.4, 0.5) is 0 Å². The van der Waals surface area contributed by atoms with Crippen molar-refractivity contribution in [1.82, 2.24) is 4.90 Å². The highest BCUT2D eigenvalue weighted by Crippen LogP contribution is 2.40. The van der Waals surface area contributed by atoms with E-state index >= 15 is 0 Å². The lowest BCUT2D eigenvalue weighted by Crippen LogP contribution is -2.29. The standard InChI is InChI=1S/C27H22BrNO4/c1-15-11-21-22(12-16(15)2)33-26-23(25(21)30)24(18-5-4-6-19(28)13-18)29(27(26)31)14-17-7-9-20(32-3)10-8-17/h4-13,24H,14H2,1-3H3. The quantitative estimate of drug-likeness (QED) is 0.346. The van der Waals surface area contributed by atoms with Gasteiger partial charge >= 0.3 is 0 Å². The molecule has 5 rings (SSSR count). The van der Waals surface area contributed by atoms with Gasteiger partial charge in [-0.2, -0.15) is 0 Å². The average Bonchev–Trinajstić information content (AvgIpc) is 3.08. The lowest BCUT2D eigenvalue weighted by atomic mass is 9.97. The monoisotopic (exact) mass is 503 g/mol. The molecule has 33 heavy (non-hydrogen) atoms. The molecule has 0 radical (unpaired) electrons.